The summed E-state index contributed by atoms with van der Waals surface area (Å²) >= 11 is 6.18. The molecule has 0 radical (unpaired) electrons. The molecule has 1 aliphatic heterocycles. The van der Waals surface area contributed by atoms with E-state index in [-0.39, 0.29) is 11.9 Å². The van der Waals surface area contributed by atoms with E-state index in [1.165, 1.54) is 32.1 Å². The Bertz CT molecular complexity index is 653. The van der Waals surface area contributed by atoms with Crippen molar-refractivity contribution in [2.24, 2.45) is 0 Å². The van der Waals surface area contributed by atoms with E-state index in [2.05, 4.69) is 15.5 Å². The van der Waals surface area contributed by atoms with Crippen molar-refractivity contribution < 1.29 is 9.59 Å². The lowest BCUT2D eigenvalue weighted by Gasteiger charge is -2.40. The van der Waals surface area contributed by atoms with Gasteiger partial charge in [0.05, 0.1) is 10.7 Å². The molecule has 1 aromatic rings. The van der Waals surface area contributed by atoms with Crippen LogP contribution in [0.3, 0.4) is 0 Å². The van der Waals surface area contributed by atoms with E-state index in [9.17, 15) is 9.59 Å². The van der Waals surface area contributed by atoms with Crippen molar-refractivity contribution in [3.8, 4) is 0 Å². The van der Waals surface area contributed by atoms with Crippen molar-refractivity contribution in [1.29, 1.82) is 0 Å². The van der Waals surface area contributed by atoms with Gasteiger partial charge in [-0.15, -0.1) is 0 Å². The summed E-state index contributed by atoms with van der Waals surface area (Å²) in [5.74, 6) is -0.210. The fourth-order valence-corrected chi connectivity index (χ4v) is 4.00. The van der Waals surface area contributed by atoms with Gasteiger partial charge in [-0.1, -0.05) is 30.9 Å². The van der Waals surface area contributed by atoms with E-state index in [0.717, 1.165) is 26.2 Å². The third-order valence-electron chi connectivity index (χ3n) is 5.39. The number of carbonyl (C=O) groups excluding carboxylic acids is 2. The molecule has 1 heterocycles. The second-order valence-electron chi connectivity index (χ2n) is 7.02. The van der Waals surface area contributed by atoms with Crippen molar-refractivity contribution >= 4 is 29.2 Å². The number of hydrogen-bond donors (Lipinski definition) is 2. The minimum atomic E-state index is -0.210. The molecule has 142 valence electrons. The largest absolute Gasteiger partial charge is 0.355 e. The Morgan fingerprint density at radius 2 is 1.77 bits per heavy atom. The van der Waals surface area contributed by atoms with E-state index in [0.29, 0.717) is 22.3 Å². The van der Waals surface area contributed by atoms with Gasteiger partial charge >= 0.3 is 6.03 Å². The van der Waals surface area contributed by atoms with E-state index in [1.807, 2.05) is 4.90 Å². The first-order valence-electron chi connectivity index (χ1n) is 9.40. The standard InChI is InChI=1S/C19H27ClN4O2/c1-21-18(25)14-7-8-16(20)17(13-14)22-19(26)24-11-9-23(10-12-24)15-5-3-2-4-6-15/h7-8,13,15H,2-6,9-12H2,1H3,(H,21,25)(H,22,26). The molecule has 3 amide bonds. The summed E-state index contributed by atoms with van der Waals surface area (Å²) < 4.78 is 0. The molecule has 1 aliphatic carbocycles. The molecule has 2 N–H and O–H groups in total. The van der Waals surface area contributed by atoms with Crippen LogP contribution in [0.5, 0.6) is 0 Å². The van der Waals surface area contributed by atoms with Gasteiger partial charge in [-0.05, 0) is 31.0 Å². The van der Waals surface area contributed by atoms with Crippen molar-refractivity contribution in [3.63, 3.8) is 0 Å². The van der Waals surface area contributed by atoms with Crippen LogP contribution in [-0.4, -0.2) is 61.0 Å². The van der Waals surface area contributed by atoms with Crippen molar-refractivity contribution in [1.82, 2.24) is 15.1 Å². The lowest BCUT2D eigenvalue weighted by atomic mass is 9.94. The van der Waals surface area contributed by atoms with E-state index in [4.69, 9.17) is 11.6 Å². The monoisotopic (exact) mass is 378 g/mol. The van der Waals surface area contributed by atoms with Gasteiger partial charge in [-0.3, -0.25) is 9.69 Å². The summed E-state index contributed by atoms with van der Waals surface area (Å²) in [5.41, 5.74) is 0.932. The van der Waals surface area contributed by atoms with Crippen LogP contribution in [0, 0.1) is 0 Å². The third kappa shape index (κ3) is 4.48. The first-order chi connectivity index (χ1) is 12.6. The molecule has 26 heavy (non-hydrogen) atoms. The molecule has 0 aromatic heterocycles. The van der Waals surface area contributed by atoms with Crippen molar-refractivity contribution in [2.45, 2.75) is 38.1 Å². The lowest BCUT2D eigenvalue weighted by molar-refractivity contribution is 0.0942. The SMILES string of the molecule is CNC(=O)c1ccc(Cl)c(NC(=O)N2CCN(C3CCCCC3)CC2)c1. The molecule has 7 heteroatoms. The summed E-state index contributed by atoms with van der Waals surface area (Å²) in [6.45, 7) is 3.28. The quantitative estimate of drug-likeness (QED) is 0.849. The molecule has 2 fully saturated rings. The van der Waals surface area contributed by atoms with Crippen molar-refractivity contribution in [3.05, 3.63) is 28.8 Å². The Labute approximate surface area is 159 Å². The van der Waals surface area contributed by atoms with Gasteiger partial charge in [0.1, 0.15) is 0 Å². The highest BCUT2D eigenvalue weighted by Gasteiger charge is 2.27. The first-order valence-corrected chi connectivity index (χ1v) is 9.78. The molecule has 1 saturated heterocycles. The normalized spacial score (nSPS) is 19.2. The minimum absolute atomic E-state index is 0.163. The number of carbonyl (C=O) groups is 2. The fraction of sp³-hybridized carbons (Fsp3) is 0.579. The second kappa shape index (κ2) is 8.73. The summed E-state index contributed by atoms with van der Waals surface area (Å²) in [5, 5.41) is 5.84. The van der Waals surface area contributed by atoms with Gasteiger partial charge in [0.2, 0.25) is 0 Å². The third-order valence-corrected chi connectivity index (χ3v) is 5.72. The fourth-order valence-electron chi connectivity index (χ4n) is 3.84. The number of anilines is 1. The number of nitrogens with zero attached hydrogens (tertiary/aromatic N) is 2. The summed E-state index contributed by atoms with van der Waals surface area (Å²) in [4.78, 5) is 28.7. The Balaban J connectivity index is 1.56. The number of benzene rings is 1. The number of piperazine rings is 1. The molecule has 6 nitrogen and oxygen atoms in total. The van der Waals surface area contributed by atoms with Crippen LogP contribution < -0.4 is 10.6 Å². The van der Waals surface area contributed by atoms with Crippen molar-refractivity contribution in [2.75, 3.05) is 38.5 Å². The van der Waals surface area contributed by atoms with Gasteiger partial charge in [0.15, 0.2) is 0 Å². The predicted octanol–water partition coefficient (Wildman–Crippen LogP) is 3.18. The zero-order valence-electron chi connectivity index (χ0n) is 15.3. The zero-order valence-corrected chi connectivity index (χ0v) is 16.0. The maximum absolute atomic E-state index is 12.6. The topological polar surface area (TPSA) is 64.7 Å². The van der Waals surface area contributed by atoms with Crippen LogP contribution in [-0.2, 0) is 0 Å². The molecular weight excluding hydrogens is 352 g/mol. The van der Waals surface area contributed by atoms with E-state index in [1.54, 1.807) is 25.2 Å². The summed E-state index contributed by atoms with van der Waals surface area (Å²) in [7, 11) is 1.57. The van der Waals surface area contributed by atoms with Crippen LogP contribution in [0.2, 0.25) is 5.02 Å². The predicted molar refractivity (Wildman–Crippen MR) is 104 cm³/mol. The molecule has 0 bridgehead atoms. The molecule has 0 atom stereocenters. The van der Waals surface area contributed by atoms with E-state index >= 15 is 0 Å². The molecule has 1 aromatic carbocycles. The number of nitrogens with one attached hydrogen (secondary N) is 2. The molecular formula is C19H27ClN4O2. The van der Waals surface area contributed by atoms with Gasteiger partial charge in [-0.25, -0.2) is 4.79 Å². The van der Waals surface area contributed by atoms with Crippen LogP contribution in [0.25, 0.3) is 0 Å². The highest BCUT2D eigenvalue weighted by atomic mass is 35.5. The second-order valence-corrected chi connectivity index (χ2v) is 7.43. The summed E-state index contributed by atoms with van der Waals surface area (Å²) in [6, 6.07) is 5.40. The Morgan fingerprint density at radius 3 is 2.42 bits per heavy atom. The van der Waals surface area contributed by atoms with Crippen LogP contribution in [0.15, 0.2) is 18.2 Å². The van der Waals surface area contributed by atoms with E-state index < -0.39 is 0 Å². The number of rotatable bonds is 3. The molecule has 0 spiro atoms. The molecule has 0 unspecified atom stereocenters. The van der Waals surface area contributed by atoms with Crippen LogP contribution >= 0.6 is 11.6 Å². The Kier molecular flexibility index (Phi) is 6.38. The maximum atomic E-state index is 12.6. The van der Waals surface area contributed by atoms with Gasteiger partial charge < -0.3 is 15.5 Å². The molecule has 3 rings (SSSR count). The number of halogens is 1. The Hall–Kier alpha value is -1.79. The highest BCUT2D eigenvalue weighted by molar-refractivity contribution is 6.33. The number of amides is 3. The van der Waals surface area contributed by atoms with Crippen LogP contribution in [0.4, 0.5) is 10.5 Å². The van der Waals surface area contributed by atoms with Gasteiger partial charge in [-0.2, -0.15) is 0 Å². The Morgan fingerprint density at radius 1 is 1.08 bits per heavy atom. The maximum Gasteiger partial charge on any atom is 0.321 e. The minimum Gasteiger partial charge on any atom is -0.355 e. The molecule has 1 saturated carbocycles. The van der Waals surface area contributed by atoms with Crippen LogP contribution in [0.1, 0.15) is 42.5 Å². The first kappa shape index (κ1) is 19.0. The average Bonchev–Trinajstić information content (AvgIpc) is 2.69. The van der Waals surface area contributed by atoms with Gasteiger partial charge in [0, 0.05) is 44.8 Å². The highest BCUT2D eigenvalue weighted by Crippen LogP contribution is 2.25. The van der Waals surface area contributed by atoms with Gasteiger partial charge in [0.25, 0.3) is 5.91 Å². The zero-order chi connectivity index (χ0) is 18.5. The molecule has 2 aliphatic rings. The lowest BCUT2D eigenvalue weighted by Crippen LogP contribution is -2.53. The summed E-state index contributed by atoms with van der Waals surface area (Å²) in [6.07, 6.45) is 6.58. The number of urea groups is 1. The smallest absolute Gasteiger partial charge is 0.321 e. The number of hydrogen-bond acceptors (Lipinski definition) is 3. The average molecular weight is 379 g/mol.